The maximum atomic E-state index is 10.6. The molecule has 6 heteroatoms. The van der Waals surface area contributed by atoms with Crippen molar-refractivity contribution in [3.05, 3.63) is 12.7 Å². The summed E-state index contributed by atoms with van der Waals surface area (Å²) in [6, 6.07) is 0. The average Bonchev–Trinajstić information content (AvgIpc) is 2.59. The van der Waals surface area contributed by atoms with Crippen molar-refractivity contribution in [1.82, 2.24) is 5.32 Å². The minimum atomic E-state index is -0.428. The fourth-order valence-corrected chi connectivity index (χ4v) is 0.916. The van der Waals surface area contributed by atoms with Crippen LogP contribution in [0.3, 0.4) is 0 Å². The van der Waals surface area contributed by atoms with Crippen LogP contribution in [0.5, 0.6) is 0 Å². The van der Waals surface area contributed by atoms with Crippen LogP contribution in [-0.2, 0) is 14.3 Å². The molecule has 1 amide bonds. The molecule has 78 valence electrons. The highest BCUT2D eigenvalue weighted by Gasteiger charge is 2.23. The van der Waals surface area contributed by atoms with Crippen molar-refractivity contribution in [3.8, 4) is 0 Å². The van der Waals surface area contributed by atoms with Gasteiger partial charge in [-0.15, -0.1) is 0 Å². The first-order valence-electron chi connectivity index (χ1n) is 4.07. The van der Waals surface area contributed by atoms with Gasteiger partial charge in [0.25, 0.3) is 0 Å². The van der Waals surface area contributed by atoms with Crippen molar-refractivity contribution >= 4 is 12.0 Å². The second-order valence-corrected chi connectivity index (χ2v) is 2.54. The van der Waals surface area contributed by atoms with Gasteiger partial charge in [-0.2, -0.15) is 0 Å². The smallest absolute Gasteiger partial charge is 0.407 e. The van der Waals surface area contributed by atoms with Crippen molar-refractivity contribution in [1.29, 1.82) is 0 Å². The van der Waals surface area contributed by atoms with E-state index in [4.69, 9.17) is 9.47 Å². The molecule has 1 N–H and O–H groups in total. The van der Waals surface area contributed by atoms with E-state index in [-0.39, 0.29) is 18.6 Å². The summed E-state index contributed by atoms with van der Waals surface area (Å²) >= 11 is 0. The standard InChI is InChI=1S/C8H12N2O4/c1-3-7(10-12-2)13-5-6-4-9-8(11)14-6/h3,6H,1,4-5H2,2H3,(H,9,11)/b10-7+. The average molecular weight is 200 g/mol. The molecule has 0 radical (unpaired) electrons. The molecule has 0 bridgehead atoms. The molecule has 1 heterocycles. The number of rotatable bonds is 4. The summed E-state index contributed by atoms with van der Waals surface area (Å²) in [5.74, 6) is 0.260. The van der Waals surface area contributed by atoms with Crippen LogP contribution in [0.25, 0.3) is 0 Å². The Bertz CT molecular complexity index is 252. The third-order valence-corrected chi connectivity index (χ3v) is 1.52. The zero-order chi connectivity index (χ0) is 10.4. The molecule has 1 fully saturated rings. The van der Waals surface area contributed by atoms with E-state index in [2.05, 4.69) is 21.9 Å². The van der Waals surface area contributed by atoms with E-state index in [1.165, 1.54) is 13.2 Å². The Labute approximate surface area is 81.5 Å². The highest BCUT2D eigenvalue weighted by Crippen LogP contribution is 2.01. The van der Waals surface area contributed by atoms with E-state index in [0.717, 1.165) is 0 Å². The highest BCUT2D eigenvalue weighted by molar-refractivity contribution is 5.86. The molecule has 0 aromatic heterocycles. The van der Waals surface area contributed by atoms with Crippen molar-refractivity contribution in [2.24, 2.45) is 5.16 Å². The Balaban J connectivity index is 2.28. The molecule has 1 unspecified atom stereocenters. The first-order chi connectivity index (χ1) is 6.76. The number of carbonyl (C=O) groups excluding carboxylic acids is 1. The monoisotopic (exact) mass is 200 g/mol. The number of carbonyl (C=O) groups is 1. The Morgan fingerprint density at radius 1 is 1.93 bits per heavy atom. The number of oxime groups is 1. The Hall–Kier alpha value is -1.72. The van der Waals surface area contributed by atoms with Gasteiger partial charge in [-0.25, -0.2) is 4.79 Å². The van der Waals surface area contributed by atoms with Gasteiger partial charge in [-0.1, -0.05) is 6.58 Å². The van der Waals surface area contributed by atoms with E-state index in [1.54, 1.807) is 0 Å². The van der Waals surface area contributed by atoms with E-state index in [0.29, 0.717) is 6.54 Å². The fraction of sp³-hybridized carbons (Fsp3) is 0.500. The second-order valence-electron chi connectivity index (χ2n) is 2.54. The Morgan fingerprint density at radius 3 is 3.21 bits per heavy atom. The van der Waals surface area contributed by atoms with Crippen LogP contribution in [-0.4, -0.2) is 38.4 Å². The lowest BCUT2D eigenvalue weighted by Crippen LogP contribution is -2.21. The third kappa shape index (κ3) is 2.96. The highest BCUT2D eigenvalue weighted by atomic mass is 16.6. The molecule has 1 aliphatic heterocycles. The van der Waals surface area contributed by atoms with Crippen molar-refractivity contribution < 1.29 is 19.1 Å². The summed E-state index contributed by atoms with van der Waals surface area (Å²) in [5, 5.41) is 6.04. The van der Waals surface area contributed by atoms with E-state index < -0.39 is 6.09 Å². The van der Waals surface area contributed by atoms with Gasteiger partial charge in [-0.3, -0.25) is 0 Å². The lowest BCUT2D eigenvalue weighted by Gasteiger charge is -2.08. The molecule has 0 aromatic carbocycles. The normalized spacial score (nSPS) is 21.1. The molecule has 1 atom stereocenters. The van der Waals surface area contributed by atoms with E-state index in [9.17, 15) is 4.79 Å². The number of hydrogen-bond acceptors (Lipinski definition) is 5. The summed E-state index contributed by atoms with van der Waals surface area (Å²) in [6.45, 7) is 4.15. The van der Waals surface area contributed by atoms with Gasteiger partial charge in [-0.05, 0) is 11.2 Å². The van der Waals surface area contributed by atoms with Crippen LogP contribution in [0.15, 0.2) is 17.8 Å². The number of ether oxygens (including phenoxy) is 2. The molecule has 1 aliphatic rings. The van der Waals surface area contributed by atoms with Crippen molar-refractivity contribution in [2.75, 3.05) is 20.3 Å². The molecule has 0 aromatic rings. The van der Waals surface area contributed by atoms with Crippen LogP contribution in [0.2, 0.25) is 0 Å². The van der Waals surface area contributed by atoms with E-state index in [1.807, 2.05) is 0 Å². The van der Waals surface area contributed by atoms with Gasteiger partial charge in [0, 0.05) is 0 Å². The minimum absolute atomic E-state index is 0.229. The van der Waals surface area contributed by atoms with Gasteiger partial charge >= 0.3 is 6.09 Å². The van der Waals surface area contributed by atoms with Gasteiger partial charge in [0.15, 0.2) is 6.10 Å². The van der Waals surface area contributed by atoms with Crippen LogP contribution < -0.4 is 5.32 Å². The number of cyclic esters (lactones) is 1. The first-order valence-corrected chi connectivity index (χ1v) is 4.07. The first kappa shape index (κ1) is 10.4. The topological polar surface area (TPSA) is 69.2 Å². The number of nitrogens with zero attached hydrogens (tertiary/aromatic N) is 1. The maximum Gasteiger partial charge on any atom is 0.407 e. The lowest BCUT2D eigenvalue weighted by molar-refractivity contribution is 0.0970. The summed E-state index contributed by atoms with van der Waals surface area (Å²) < 4.78 is 9.98. The quantitative estimate of drug-likeness (QED) is 0.401. The van der Waals surface area contributed by atoms with Crippen LogP contribution in [0, 0.1) is 0 Å². The predicted octanol–water partition coefficient (Wildman–Crippen LogP) is 0.257. The Kier molecular flexibility index (Phi) is 3.78. The van der Waals surface area contributed by atoms with Crippen LogP contribution >= 0.6 is 0 Å². The third-order valence-electron chi connectivity index (χ3n) is 1.52. The van der Waals surface area contributed by atoms with E-state index >= 15 is 0 Å². The second kappa shape index (κ2) is 5.11. The summed E-state index contributed by atoms with van der Waals surface area (Å²) in [7, 11) is 1.41. The van der Waals surface area contributed by atoms with Crippen molar-refractivity contribution in [2.45, 2.75) is 6.10 Å². The maximum absolute atomic E-state index is 10.6. The zero-order valence-corrected chi connectivity index (χ0v) is 7.86. The number of nitrogens with one attached hydrogen (secondary N) is 1. The molecule has 14 heavy (non-hydrogen) atoms. The molecular weight excluding hydrogens is 188 g/mol. The van der Waals surface area contributed by atoms with Crippen LogP contribution in [0.4, 0.5) is 4.79 Å². The number of hydrogen-bond donors (Lipinski definition) is 1. The molecule has 1 saturated heterocycles. The molecule has 0 spiro atoms. The minimum Gasteiger partial charge on any atom is -0.472 e. The van der Waals surface area contributed by atoms with Gasteiger partial charge in [0.05, 0.1) is 6.54 Å². The largest absolute Gasteiger partial charge is 0.472 e. The van der Waals surface area contributed by atoms with Crippen molar-refractivity contribution in [3.63, 3.8) is 0 Å². The molecule has 6 nitrogen and oxygen atoms in total. The molecule has 0 saturated carbocycles. The summed E-state index contributed by atoms with van der Waals surface area (Å²) in [6.07, 6.45) is 0.695. The summed E-state index contributed by atoms with van der Waals surface area (Å²) in [4.78, 5) is 15.1. The molecule has 0 aliphatic carbocycles. The molecular formula is C8H12N2O4. The van der Waals surface area contributed by atoms with Crippen LogP contribution in [0.1, 0.15) is 0 Å². The predicted molar refractivity (Wildman–Crippen MR) is 48.9 cm³/mol. The number of amides is 1. The van der Waals surface area contributed by atoms with Gasteiger partial charge in [0.2, 0.25) is 5.90 Å². The SMILES string of the molecule is C=C/C(=N\OC)OCC1CNC(=O)O1. The molecule has 1 rings (SSSR count). The fourth-order valence-electron chi connectivity index (χ4n) is 0.916. The van der Waals surface area contributed by atoms with Gasteiger partial charge in [0.1, 0.15) is 13.7 Å². The number of alkyl carbamates (subject to hydrolysis) is 1. The lowest BCUT2D eigenvalue weighted by atomic mass is 10.4. The summed E-state index contributed by atoms with van der Waals surface area (Å²) in [5.41, 5.74) is 0. The zero-order valence-electron chi connectivity index (χ0n) is 7.86. The Morgan fingerprint density at radius 2 is 2.71 bits per heavy atom. The van der Waals surface area contributed by atoms with Gasteiger partial charge < -0.3 is 19.6 Å².